The third-order valence-electron chi connectivity index (χ3n) is 3.05. The molecule has 0 saturated heterocycles. The van der Waals surface area contributed by atoms with Gasteiger partial charge >= 0.3 is 12.0 Å². The highest BCUT2D eigenvalue weighted by molar-refractivity contribution is 5.27. The van der Waals surface area contributed by atoms with Crippen LogP contribution in [-0.4, -0.2) is 35.7 Å². The molecule has 0 aromatic carbocycles. The average molecular weight is 268 g/mol. The first kappa shape index (κ1) is 15.5. The van der Waals surface area contributed by atoms with E-state index in [4.69, 9.17) is 9.47 Å². The summed E-state index contributed by atoms with van der Waals surface area (Å²) < 4.78 is 10.0. The summed E-state index contributed by atoms with van der Waals surface area (Å²) in [4.78, 5) is 12.3. The Morgan fingerprint density at radius 1 is 1.05 bits per heavy atom. The van der Waals surface area contributed by atoms with Crippen molar-refractivity contribution in [1.29, 1.82) is 0 Å². The van der Waals surface area contributed by atoms with E-state index in [0.717, 1.165) is 13.0 Å². The van der Waals surface area contributed by atoms with Crippen LogP contribution in [0.4, 0.5) is 5.95 Å². The van der Waals surface area contributed by atoms with Gasteiger partial charge in [0.25, 0.3) is 0 Å². The number of hydrogen-bond acceptors (Lipinski definition) is 6. The van der Waals surface area contributed by atoms with E-state index in [1.54, 1.807) is 0 Å². The number of hydrogen-bond donors (Lipinski definition) is 1. The van der Waals surface area contributed by atoms with E-state index in [1.165, 1.54) is 33.5 Å². The van der Waals surface area contributed by atoms with Crippen LogP contribution in [-0.2, 0) is 0 Å². The van der Waals surface area contributed by atoms with Gasteiger partial charge in [0.05, 0.1) is 14.2 Å². The van der Waals surface area contributed by atoms with E-state index >= 15 is 0 Å². The van der Waals surface area contributed by atoms with E-state index in [-0.39, 0.29) is 12.0 Å². The fourth-order valence-corrected chi connectivity index (χ4v) is 1.78. The molecule has 6 nitrogen and oxygen atoms in total. The topological polar surface area (TPSA) is 69.2 Å². The smallest absolute Gasteiger partial charge is 0.324 e. The third-order valence-corrected chi connectivity index (χ3v) is 3.05. The molecular weight excluding hydrogens is 244 g/mol. The second-order valence-corrected chi connectivity index (χ2v) is 4.43. The normalized spacial score (nSPS) is 12.0. The van der Waals surface area contributed by atoms with Crippen LogP contribution in [0.25, 0.3) is 0 Å². The Morgan fingerprint density at radius 3 is 2.16 bits per heavy atom. The Labute approximate surface area is 115 Å². The van der Waals surface area contributed by atoms with Gasteiger partial charge in [0, 0.05) is 6.54 Å². The molecule has 0 spiro atoms. The third kappa shape index (κ3) is 5.28. The van der Waals surface area contributed by atoms with Gasteiger partial charge in [-0.2, -0.15) is 9.97 Å². The molecule has 0 aliphatic rings. The number of ether oxygens (including phenoxy) is 2. The minimum absolute atomic E-state index is 0.260. The minimum Gasteiger partial charge on any atom is -0.467 e. The molecular formula is C13H24N4O2. The number of rotatable bonds is 9. The van der Waals surface area contributed by atoms with Gasteiger partial charge < -0.3 is 14.8 Å². The molecule has 0 amide bonds. The molecule has 1 rings (SSSR count). The summed E-state index contributed by atoms with van der Waals surface area (Å²) in [6.45, 7) is 5.27. The van der Waals surface area contributed by atoms with Crippen LogP contribution in [0.5, 0.6) is 12.0 Å². The summed E-state index contributed by atoms with van der Waals surface area (Å²) in [7, 11) is 3.04. The van der Waals surface area contributed by atoms with Crippen molar-refractivity contribution in [3.05, 3.63) is 0 Å². The Bertz CT molecular complexity index is 351. The van der Waals surface area contributed by atoms with Gasteiger partial charge in [0.15, 0.2) is 0 Å². The summed E-state index contributed by atoms with van der Waals surface area (Å²) in [5.74, 6) is 1.13. The maximum absolute atomic E-state index is 5.01. The van der Waals surface area contributed by atoms with Crippen molar-refractivity contribution >= 4 is 5.95 Å². The predicted octanol–water partition coefficient (Wildman–Crippen LogP) is 2.52. The van der Waals surface area contributed by atoms with E-state index in [9.17, 15) is 0 Å². The standard InChI is InChI=1S/C13H24N4O2/c1-5-7-8-10(6-2)9-14-11-15-12(18-3)17-13(16-11)19-4/h10H,5-9H2,1-4H3,(H,14,15,16,17). The highest BCUT2D eigenvalue weighted by atomic mass is 16.5. The number of methoxy groups -OCH3 is 2. The first-order valence-corrected chi connectivity index (χ1v) is 6.81. The number of aromatic nitrogens is 3. The van der Waals surface area contributed by atoms with Crippen molar-refractivity contribution in [3.63, 3.8) is 0 Å². The molecule has 19 heavy (non-hydrogen) atoms. The number of nitrogens with zero attached hydrogens (tertiary/aromatic N) is 3. The molecule has 1 atom stereocenters. The van der Waals surface area contributed by atoms with Crippen LogP contribution >= 0.6 is 0 Å². The summed E-state index contributed by atoms with van der Waals surface area (Å²) in [5, 5.41) is 3.23. The molecule has 0 aliphatic heterocycles. The van der Waals surface area contributed by atoms with Crippen molar-refractivity contribution in [1.82, 2.24) is 15.0 Å². The number of anilines is 1. The molecule has 6 heteroatoms. The number of unbranched alkanes of at least 4 members (excludes halogenated alkanes) is 1. The van der Waals surface area contributed by atoms with Crippen LogP contribution in [0, 0.1) is 5.92 Å². The lowest BCUT2D eigenvalue weighted by Crippen LogP contribution is -2.16. The lowest BCUT2D eigenvalue weighted by molar-refractivity contribution is 0.340. The van der Waals surface area contributed by atoms with E-state index in [2.05, 4.69) is 34.1 Å². The zero-order valence-corrected chi connectivity index (χ0v) is 12.3. The molecule has 1 aromatic rings. The van der Waals surface area contributed by atoms with Crippen LogP contribution in [0.2, 0.25) is 0 Å². The Balaban J connectivity index is 2.60. The second-order valence-electron chi connectivity index (χ2n) is 4.43. The monoisotopic (exact) mass is 268 g/mol. The lowest BCUT2D eigenvalue weighted by atomic mass is 9.99. The second kappa shape index (κ2) is 8.50. The molecule has 108 valence electrons. The zero-order chi connectivity index (χ0) is 14.1. The van der Waals surface area contributed by atoms with Gasteiger partial charge in [-0.25, -0.2) is 0 Å². The van der Waals surface area contributed by atoms with Crippen LogP contribution < -0.4 is 14.8 Å². The highest BCUT2D eigenvalue weighted by Gasteiger charge is 2.10. The molecule has 1 unspecified atom stereocenters. The lowest BCUT2D eigenvalue weighted by Gasteiger charge is -2.15. The number of nitrogens with one attached hydrogen (secondary N) is 1. The van der Waals surface area contributed by atoms with Crippen LogP contribution in [0.1, 0.15) is 39.5 Å². The van der Waals surface area contributed by atoms with Crippen molar-refractivity contribution in [2.24, 2.45) is 5.92 Å². The largest absolute Gasteiger partial charge is 0.467 e. The van der Waals surface area contributed by atoms with E-state index in [1.807, 2.05) is 0 Å². The molecule has 1 N–H and O–H groups in total. The quantitative estimate of drug-likeness (QED) is 0.742. The summed E-state index contributed by atoms with van der Waals surface area (Å²) >= 11 is 0. The molecule has 0 fully saturated rings. The van der Waals surface area contributed by atoms with Crippen molar-refractivity contribution in [2.45, 2.75) is 39.5 Å². The molecule has 0 radical (unpaired) electrons. The van der Waals surface area contributed by atoms with Gasteiger partial charge in [-0.15, -0.1) is 4.98 Å². The van der Waals surface area contributed by atoms with Crippen molar-refractivity contribution in [3.8, 4) is 12.0 Å². The first-order chi connectivity index (χ1) is 9.23. The highest BCUT2D eigenvalue weighted by Crippen LogP contribution is 2.15. The Morgan fingerprint density at radius 2 is 1.68 bits per heavy atom. The maximum Gasteiger partial charge on any atom is 0.324 e. The minimum atomic E-state index is 0.260. The van der Waals surface area contributed by atoms with E-state index < -0.39 is 0 Å². The maximum atomic E-state index is 5.01. The van der Waals surface area contributed by atoms with Gasteiger partial charge in [-0.05, 0) is 12.3 Å². The molecule has 0 saturated carbocycles. The molecule has 0 bridgehead atoms. The fraction of sp³-hybridized carbons (Fsp3) is 0.769. The predicted molar refractivity (Wildman–Crippen MR) is 74.7 cm³/mol. The Hall–Kier alpha value is -1.59. The fourth-order valence-electron chi connectivity index (χ4n) is 1.78. The Kier molecular flexibility index (Phi) is 6.92. The van der Waals surface area contributed by atoms with Crippen molar-refractivity contribution in [2.75, 3.05) is 26.1 Å². The van der Waals surface area contributed by atoms with Gasteiger partial charge in [0.1, 0.15) is 0 Å². The summed E-state index contributed by atoms with van der Waals surface area (Å²) in [6, 6.07) is 0.520. The summed E-state index contributed by atoms with van der Waals surface area (Å²) in [6.07, 6.45) is 4.85. The van der Waals surface area contributed by atoms with Crippen LogP contribution in [0.3, 0.4) is 0 Å². The molecule has 0 aliphatic carbocycles. The summed E-state index contributed by atoms with van der Waals surface area (Å²) in [5.41, 5.74) is 0. The first-order valence-electron chi connectivity index (χ1n) is 6.81. The van der Waals surface area contributed by atoms with E-state index in [0.29, 0.717) is 11.9 Å². The zero-order valence-electron chi connectivity index (χ0n) is 12.3. The SMILES string of the molecule is CCCCC(CC)CNc1nc(OC)nc(OC)n1. The molecule has 1 heterocycles. The van der Waals surface area contributed by atoms with Gasteiger partial charge in [-0.1, -0.05) is 33.1 Å². The van der Waals surface area contributed by atoms with Crippen LogP contribution in [0.15, 0.2) is 0 Å². The van der Waals surface area contributed by atoms with Crippen molar-refractivity contribution < 1.29 is 9.47 Å². The molecule has 1 aromatic heterocycles. The van der Waals surface area contributed by atoms with Gasteiger partial charge in [0.2, 0.25) is 5.95 Å². The average Bonchev–Trinajstić information content (AvgIpc) is 2.47. The van der Waals surface area contributed by atoms with Gasteiger partial charge in [-0.3, -0.25) is 0 Å².